The standard InChI is InChI=1S/C19H25NO2S2/c1-12(2)14-9-8-13(3)10-16(14)22-18(21)11-23-19-20-15-6-4-5-7-17(15)24-19/h4-7,12-14,16H,8-11H2,1-3H3. The Hall–Kier alpha value is -1.07. The number of thioether (sulfide) groups is 1. The van der Waals surface area contributed by atoms with E-state index in [4.69, 9.17) is 4.74 Å². The summed E-state index contributed by atoms with van der Waals surface area (Å²) in [5.41, 5.74) is 0.999. The van der Waals surface area contributed by atoms with Gasteiger partial charge in [-0.05, 0) is 42.7 Å². The number of nitrogens with zero attached hydrogens (tertiary/aromatic N) is 1. The van der Waals surface area contributed by atoms with Gasteiger partial charge in [0, 0.05) is 0 Å². The van der Waals surface area contributed by atoms with Gasteiger partial charge in [0.1, 0.15) is 6.10 Å². The Morgan fingerprint density at radius 1 is 1.38 bits per heavy atom. The Morgan fingerprint density at radius 2 is 2.17 bits per heavy atom. The molecule has 1 aromatic carbocycles. The van der Waals surface area contributed by atoms with Gasteiger partial charge in [0.2, 0.25) is 0 Å². The van der Waals surface area contributed by atoms with Crippen molar-refractivity contribution < 1.29 is 9.53 Å². The van der Waals surface area contributed by atoms with Gasteiger partial charge in [-0.1, -0.05) is 51.1 Å². The molecule has 3 atom stereocenters. The van der Waals surface area contributed by atoms with Crippen molar-refractivity contribution in [3.05, 3.63) is 24.3 Å². The third-order valence-corrected chi connectivity index (χ3v) is 6.98. The summed E-state index contributed by atoms with van der Waals surface area (Å²) in [5, 5.41) is 0. The zero-order valence-electron chi connectivity index (χ0n) is 14.5. The van der Waals surface area contributed by atoms with Crippen LogP contribution in [0, 0.1) is 17.8 Å². The van der Waals surface area contributed by atoms with E-state index in [1.807, 2.05) is 18.2 Å². The van der Waals surface area contributed by atoms with E-state index in [0.29, 0.717) is 23.5 Å². The number of hydrogen-bond acceptors (Lipinski definition) is 5. The number of ether oxygens (including phenoxy) is 1. The van der Waals surface area contributed by atoms with Crippen LogP contribution in [0.2, 0.25) is 0 Å². The lowest BCUT2D eigenvalue weighted by Gasteiger charge is -2.36. The van der Waals surface area contributed by atoms with Crippen LogP contribution in [0.5, 0.6) is 0 Å². The Balaban J connectivity index is 1.56. The monoisotopic (exact) mass is 363 g/mol. The van der Waals surface area contributed by atoms with Crippen LogP contribution in [0.25, 0.3) is 10.2 Å². The minimum absolute atomic E-state index is 0.0808. The fraction of sp³-hybridized carbons (Fsp3) is 0.579. The molecule has 1 saturated carbocycles. The summed E-state index contributed by atoms with van der Waals surface area (Å²) in [6.45, 7) is 6.72. The molecular formula is C19H25NO2S2. The van der Waals surface area contributed by atoms with Gasteiger partial charge in [0.15, 0.2) is 4.34 Å². The minimum Gasteiger partial charge on any atom is -0.461 e. The summed E-state index contributed by atoms with van der Waals surface area (Å²) in [6, 6.07) is 8.07. The van der Waals surface area contributed by atoms with Crippen molar-refractivity contribution in [1.29, 1.82) is 0 Å². The van der Waals surface area contributed by atoms with Crippen molar-refractivity contribution in [2.45, 2.75) is 50.5 Å². The third-order valence-electron chi connectivity index (χ3n) is 4.83. The van der Waals surface area contributed by atoms with E-state index in [2.05, 4.69) is 31.8 Å². The molecule has 1 heterocycles. The average Bonchev–Trinajstić information content (AvgIpc) is 2.95. The highest BCUT2D eigenvalue weighted by molar-refractivity contribution is 8.01. The van der Waals surface area contributed by atoms with E-state index in [1.165, 1.54) is 24.6 Å². The number of carbonyl (C=O) groups is 1. The van der Waals surface area contributed by atoms with E-state index in [-0.39, 0.29) is 12.1 Å². The lowest BCUT2D eigenvalue weighted by atomic mass is 9.75. The van der Waals surface area contributed by atoms with E-state index in [9.17, 15) is 4.79 Å². The summed E-state index contributed by atoms with van der Waals surface area (Å²) in [5.74, 6) is 1.94. The Kier molecular flexibility index (Phi) is 5.82. The predicted octanol–water partition coefficient (Wildman–Crippen LogP) is 5.39. The van der Waals surface area contributed by atoms with Crippen molar-refractivity contribution in [2.75, 3.05) is 5.75 Å². The van der Waals surface area contributed by atoms with Crippen molar-refractivity contribution in [2.24, 2.45) is 17.8 Å². The van der Waals surface area contributed by atoms with E-state index >= 15 is 0 Å². The van der Waals surface area contributed by atoms with Crippen LogP contribution in [0.4, 0.5) is 0 Å². The van der Waals surface area contributed by atoms with Crippen molar-refractivity contribution in [3.8, 4) is 0 Å². The van der Waals surface area contributed by atoms with Crippen LogP contribution in [0.1, 0.15) is 40.0 Å². The topological polar surface area (TPSA) is 39.2 Å². The second kappa shape index (κ2) is 7.87. The maximum atomic E-state index is 12.3. The highest BCUT2D eigenvalue weighted by Gasteiger charge is 2.33. The molecule has 0 amide bonds. The Labute approximate surface area is 152 Å². The molecule has 24 heavy (non-hydrogen) atoms. The quantitative estimate of drug-likeness (QED) is 0.527. The molecule has 2 aromatic rings. The molecule has 1 aliphatic rings. The summed E-state index contributed by atoms with van der Waals surface area (Å²) in [7, 11) is 0. The lowest BCUT2D eigenvalue weighted by Crippen LogP contribution is -2.36. The number of fused-ring (bicyclic) bond motifs is 1. The smallest absolute Gasteiger partial charge is 0.316 e. The van der Waals surface area contributed by atoms with E-state index < -0.39 is 0 Å². The van der Waals surface area contributed by atoms with Gasteiger partial charge in [-0.2, -0.15) is 0 Å². The van der Waals surface area contributed by atoms with Crippen LogP contribution in [-0.4, -0.2) is 22.8 Å². The van der Waals surface area contributed by atoms with Crippen LogP contribution in [0.15, 0.2) is 28.6 Å². The molecule has 0 N–H and O–H groups in total. The molecule has 0 saturated heterocycles. The third kappa shape index (κ3) is 4.31. The minimum atomic E-state index is -0.107. The molecule has 3 unspecified atom stereocenters. The number of rotatable bonds is 5. The predicted molar refractivity (Wildman–Crippen MR) is 102 cm³/mol. The number of aromatic nitrogens is 1. The summed E-state index contributed by atoms with van der Waals surface area (Å²) >= 11 is 3.12. The number of hydrogen-bond donors (Lipinski definition) is 0. The van der Waals surface area contributed by atoms with Crippen molar-refractivity contribution in [3.63, 3.8) is 0 Å². The first-order chi connectivity index (χ1) is 11.5. The molecule has 1 fully saturated rings. The summed E-state index contributed by atoms with van der Waals surface area (Å²) < 4.78 is 7.95. The van der Waals surface area contributed by atoms with Gasteiger partial charge < -0.3 is 4.74 Å². The molecule has 130 valence electrons. The summed E-state index contributed by atoms with van der Waals surface area (Å²) in [4.78, 5) is 16.9. The van der Waals surface area contributed by atoms with E-state index in [0.717, 1.165) is 21.0 Å². The molecule has 0 aliphatic heterocycles. The second-order valence-electron chi connectivity index (χ2n) is 7.09. The van der Waals surface area contributed by atoms with Crippen molar-refractivity contribution >= 4 is 39.3 Å². The molecule has 3 rings (SSSR count). The first-order valence-corrected chi connectivity index (χ1v) is 10.5. The zero-order chi connectivity index (χ0) is 17.1. The molecule has 0 radical (unpaired) electrons. The first kappa shape index (κ1) is 17.7. The molecule has 1 aromatic heterocycles. The molecule has 0 spiro atoms. The molecule has 1 aliphatic carbocycles. The fourth-order valence-corrected chi connectivity index (χ4v) is 5.34. The Morgan fingerprint density at radius 3 is 2.92 bits per heavy atom. The highest BCUT2D eigenvalue weighted by Crippen LogP contribution is 2.36. The van der Waals surface area contributed by atoms with Gasteiger partial charge in [-0.3, -0.25) is 4.79 Å². The molecular weight excluding hydrogens is 338 g/mol. The zero-order valence-corrected chi connectivity index (χ0v) is 16.2. The maximum absolute atomic E-state index is 12.3. The van der Waals surface area contributed by atoms with Crippen LogP contribution in [0.3, 0.4) is 0 Å². The Bertz CT molecular complexity index is 664. The average molecular weight is 364 g/mol. The van der Waals surface area contributed by atoms with Gasteiger partial charge in [-0.25, -0.2) is 4.98 Å². The van der Waals surface area contributed by atoms with Crippen LogP contribution < -0.4 is 0 Å². The first-order valence-electron chi connectivity index (χ1n) is 8.70. The SMILES string of the molecule is CC1CCC(C(C)C)C(OC(=O)CSc2nc3ccccc3s2)C1. The maximum Gasteiger partial charge on any atom is 0.316 e. The number of thiazole rings is 1. The lowest BCUT2D eigenvalue weighted by molar-refractivity contribution is -0.152. The molecule has 3 nitrogen and oxygen atoms in total. The summed E-state index contributed by atoms with van der Waals surface area (Å²) in [6.07, 6.45) is 3.50. The number of benzene rings is 1. The largest absolute Gasteiger partial charge is 0.461 e. The number of esters is 1. The van der Waals surface area contributed by atoms with Crippen LogP contribution >= 0.6 is 23.1 Å². The number of carbonyl (C=O) groups excluding carboxylic acids is 1. The molecule has 0 bridgehead atoms. The van der Waals surface area contributed by atoms with Crippen molar-refractivity contribution in [1.82, 2.24) is 4.98 Å². The van der Waals surface area contributed by atoms with Gasteiger partial charge in [-0.15, -0.1) is 11.3 Å². The van der Waals surface area contributed by atoms with E-state index in [1.54, 1.807) is 11.3 Å². The molecule has 5 heteroatoms. The second-order valence-corrected chi connectivity index (χ2v) is 9.34. The van der Waals surface area contributed by atoms with Gasteiger partial charge in [0.25, 0.3) is 0 Å². The number of para-hydroxylation sites is 1. The van der Waals surface area contributed by atoms with Gasteiger partial charge in [0.05, 0.1) is 16.0 Å². The fourth-order valence-electron chi connectivity index (χ4n) is 3.49. The van der Waals surface area contributed by atoms with Gasteiger partial charge >= 0.3 is 5.97 Å². The highest BCUT2D eigenvalue weighted by atomic mass is 32.2. The van der Waals surface area contributed by atoms with Crippen LogP contribution in [-0.2, 0) is 9.53 Å². The normalized spacial score (nSPS) is 24.4.